The molecule has 3 aromatic carbocycles. The number of carbonyl (C=O) groups is 6. The number of ether oxygens (including phenoxy) is 9. The van der Waals surface area contributed by atoms with E-state index < -0.39 is 146 Å². The van der Waals surface area contributed by atoms with Gasteiger partial charge in [0, 0.05) is 75.0 Å². The number of aliphatic hydroxyl groups excluding tert-OH is 3. The van der Waals surface area contributed by atoms with E-state index in [0.717, 1.165) is 0 Å². The van der Waals surface area contributed by atoms with Crippen LogP contribution >= 0.6 is 191 Å². The molecule has 0 aliphatic heterocycles. The Morgan fingerprint density at radius 3 is 0.690 bits per heavy atom. The third kappa shape index (κ3) is 18.3. The highest BCUT2D eigenvalue weighted by molar-refractivity contribution is 9.16. The van der Waals surface area contributed by atoms with Gasteiger partial charge in [0.2, 0.25) is 0 Å². The van der Waals surface area contributed by atoms with Gasteiger partial charge in [-0.1, -0.05) is 0 Å². The average Bonchev–Trinajstić information content (AvgIpc) is 1.27. The van der Waals surface area contributed by atoms with Gasteiger partial charge in [0.15, 0.2) is 0 Å². The van der Waals surface area contributed by atoms with Crippen molar-refractivity contribution in [3.05, 3.63) is 119 Å². The van der Waals surface area contributed by atoms with Crippen molar-refractivity contribution in [1.82, 2.24) is 13.7 Å². The summed E-state index contributed by atoms with van der Waals surface area (Å²) < 4.78 is 50.4. The first-order chi connectivity index (χ1) is 39.3. The summed E-state index contributed by atoms with van der Waals surface area (Å²) in [4.78, 5) is 125. The van der Waals surface area contributed by atoms with Gasteiger partial charge in [-0.2, -0.15) is 0 Å². The summed E-state index contributed by atoms with van der Waals surface area (Å²) in [6.07, 6.45) is -8.23. The maximum absolute atomic E-state index is 14.2. The number of hydrogen-bond acceptors (Lipinski definition) is 21. The molecule has 84 heavy (non-hydrogen) atoms. The van der Waals surface area contributed by atoms with Crippen molar-refractivity contribution in [1.29, 1.82) is 0 Å². The highest BCUT2D eigenvalue weighted by Gasteiger charge is 2.35. The van der Waals surface area contributed by atoms with Gasteiger partial charge < -0.3 is 58.0 Å². The van der Waals surface area contributed by atoms with E-state index in [9.17, 15) is 58.5 Å². The highest BCUT2D eigenvalue weighted by Crippen LogP contribution is 2.45. The quantitative estimate of drug-likeness (QED) is 0.0216. The van der Waals surface area contributed by atoms with Crippen LogP contribution in [0.15, 0.2) is 68.1 Å². The third-order valence-corrected chi connectivity index (χ3v) is 25.2. The van der Waals surface area contributed by atoms with Gasteiger partial charge in [0.25, 0.3) is 0 Å². The summed E-state index contributed by atoms with van der Waals surface area (Å²) in [7, 11) is 4.15. The van der Waals surface area contributed by atoms with Gasteiger partial charge in [0.1, 0.15) is 56.4 Å². The molecule has 0 aliphatic rings. The van der Waals surface area contributed by atoms with Crippen LogP contribution in [0, 0.1) is 0 Å². The Balaban J connectivity index is 1.75. The monoisotopic (exact) mass is 1950 g/mol. The van der Waals surface area contributed by atoms with Crippen LogP contribution in [-0.4, -0.2) is 162 Å². The fraction of sp³-hybridized carbons (Fsp3) is 0.438. The van der Waals surface area contributed by atoms with Gasteiger partial charge in [-0.15, -0.1) is 0 Å². The number of esters is 6. The third-order valence-electron chi connectivity index (χ3n) is 10.9. The normalized spacial score (nSPS) is 13.5. The zero-order valence-corrected chi connectivity index (χ0v) is 62.9. The maximum atomic E-state index is 14.2. The van der Waals surface area contributed by atoms with Crippen molar-refractivity contribution in [2.24, 2.45) is 0 Å². The van der Waals surface area contributed by atoms with Gasteiger partial charge in [-0.3, -0.25) is 0 Å². The van der Waals surface area contributed by atoms with Crippen LogP contribution in [0.4, 0.5) is 0 Å². The summed E-state index contributed by atoms with van der Waals surface area (Å²) in [6, 6.07) is 0. The minimum absolute atomic E-state index is 0.00370. The second kappa shape index (κ2) is 34.0. The van der Waals surface area contributed by atoms with Gasteiger partial charge in [-0.25, -0.2) is 56.9 Å². The van der Waals surface area contributed by atoms with E-state index >= 15 is 0 Å². The predicted molar refractivity (Wildman–Crippen MR) is 340 cm³/mol. The predicted octanol–water partition coefficient (Wildman–Crippen LogP) is 9.55. The van der Waals surface area contributed by atoms with Crippen molar-refractivity contribution < 1.29 is 86.7 Å². The lowest BCUT2D eigenvalue weighted by atomic mass is 10.1. The zero-order valence-electron chi connectivity index (χ0n) is 43.9. The molecule has 462 valence electrons. The Morgan fingerprint density at radius 2 is 0.512 bits per heavy atom. The van der Waals surface area contributed by atoms with Crippen molar-refractivity contribution >= 4 is 227 Å². The molecule has 0 saturated heterocycles. The molecular weight excluding hydrogens is 1910 g/mol. The van der Waals surface area contributed by atoms with E-state index in [1.807, 2.05) is 0 Å². The molecule has 1 aromatic heterocycles. The van der Waals surface area contributed by atoms with Crippen molar-refractivity contribution in [2.75, 3.05) is 61.0 Å². The minimum Gasteiger partial charge on any atom is -0.459 e. The summed E-state index contributed by atoms with van der Waals surface area (Å²) in [5, 5.41) is 34.0. The molecule has 0 aliphatic carbocycles. The van der Waals surface area contributed by atoms with Gasteiger partial charge in [0.05, 0.1) is 72.8 Å². The molecule has 0 saturated carbocycles. The van der Waals surface area contributed by atoms with Crippen molar-refractivity contribution in [2.45, 2.75) is 77.0 Å². The number of halogens is 12. The fourth-order valence-electron chi connectivity index (χ4n) is 7.25. The summed E-state index contributed by atoms with van der Waals surface area (Å²) in [6.45, 7) is -1.50. The second-order valence-electron chi connectivity index (χ2n) is 17.5. The summed E-state index contributed by atoms with van der Waals surface area (Å²) >= 11 is 39.7. The minimum atomic E-state index is -1.96. The Morgan fingerprint density at radius 1 is 0.333 bits per heavy atom. The Labute approximate surface area is 577 Å². The molecule has 0 bridgehead atoms. The van der Waals surface area contributed by atoms with Crippen molar-refractivity contribution in [3.63, 3.8) is 0 Å². The topological polar surface area (TPSA) is 312 Å². The number of carbonyl (C=O) groups excluding carboxylic acids is 6. The standard InChI is InChI=1S/C48H45Br12N3O21/c1-16(10-76-4)82-43(70)25-22(28(49)34(55)37(58)31(25)52)40(67)79-13-19(64)7-61-46(73)62(8-20(65)14-80-41(68)23-26(44(71)83-17(2)11-77-5)32(53)38(59)35(56)29(23)50)48(75)63(47(61)74)9-21(66)15-81-42(69)24-27(45(72)84-18(3)12-78-6)33(54)39(60)36(57)30(24)51/h16-21,64-66H,7-15H2,1-6H3. The molecular formula is C48H45Br12N3O21. The number of hydrogen-bond donors (Lipinski definition) is 3. The molecule has 6 atom stereocenters. The average molecular weight is 1960 g/mol. The van der Waals surface area contributed by atoms with Gasteiger partial charge >= 0.3 is 52.9 Å². The molecule has 0 radical (unpaired) electrons. The molecule has 0 amide bonds. The Hall–Kier alpha value is -1.59. The van der Waals surface area contributed by atoms with Crippen LogP contribution in [0.5, 0.6) is 0 Å². The number of methoxy groups -OCH3 is 3. The first-order valence-electron chi connectivity index (χ1n) is 23.5. The molecule has 6 unspecified atom stereocenters. The van der Waals surface area contributed by atoms with E-state index in [1.54, 1.807) is 0 Å². The number of rotatable bonds is 27. The first kappa shape index (κ1) is 74.9. The molecule has 4 aromatic rings. The smallest absolute Gasteiger partial charge is 0.340 e. The van der Waals surface area contributed by atoms with Crippen molar-refractivity contribution in [3.8, 4) is 0 Å². The van der Waals surface area contributed by atoms with Crippen LogP contribution in [0.25, 0.3) is 0 Å². The largest absolute Gasteiger partial charge is 0.459 e. The molecule has 1 heterocycles. The van der Waals surface area contributed by atoms with Gasteiger partial charge in [-0.05, 0) is 212 Å². The summed E-state index contributed by atoms with van der Waals surface area (Å²) in [5.41, 5.74) is -6.57. The lowest BCUT2D eigenvalue weighted by Crippen LogP contribution is -2.57. The molecule has 4 rings (SSSR count). The van der Waals surface area contributed by atoms with Crippen LogP contribution in [0.3, 0.4) is 0 Å². The zero-order chi connectivity index (χ0) is 63.5. The van der Waals surface area contributed by atoms with E-state index in [4.69, 9.17) is 42.6 Å². The first-order valence-corrected chi connectivity index (χ1v) is 33.0. The molecule has 3 N–H and O–H groups in total. The number of aromatic nitrogens is 3. The molecule has 0 fully saturated rings. The van der Waals surface area contributed by atoms with Crippen LogP contribution in [0.1, 0.15) is 82.9 Å². The van der Waals surface area contributed by atoms with E-state index in [2.05, 4.69) is 191 Å². The van der Waals surface area contributed by atoms with E-state index in [-0.39, 0.29) is 90.2 Å². The number of benzene rings is 3. The van der Waals surface area contributed by atoms with Crippen LogP contribution < -0.4 is 17.1 Å². The number of aliphatic hydroxyl groups is 3. The maximum Gasteiger partial charge on any atom is 0.340 e. The number of nitrogens with zero attached hydrogens (tertiary/aromatic N) is 3. The van der Waals surface area contributed by atoms with Crippen LogP contribution in [0.2, 0.25) is 0 Å². The lowest BCUT2D eigenvalue weighted by molar-refractivity contribution is 0.0102. The fourth-order valence-corrected chi connectivity index (χ4v) is 14.6. The second-order valence-corrected chi connectivity index (χ2v) is 27.0. The molecule has 0 spiro atoms. The molecule has 36 heteroatoms. The highest BCUT2D eigenvalue weighted by atomic mass is 79.9. The Bertz CT molecular complexity index is 3020. The Kier molecular flexibility index (Phi) is 30.3. The van der Waals surface area contributed by atoms with E-state index in [1.165, 1.54) is 42.1 Å². The van der Waals surface area contributed by atoms with E-state index in [0.29, 0.717) is 13.7 Å². The van der Waals surface area contributed by atoms with Crippen LogP contribution in [-0.2, 0) is 62.3 Å². The molecule has 24 nitrogen and oxygen atoms in total. The lowest BCUT2D eigenvalue weighted by Gasteiger charge is -2.21. The summed E-state index contributed by atoms with van der Waals surface area (Å²) in [5.74, 6) is -6.62. The SMILES string of the molecule is COCC(C)OC(=O)c1c(Br)c(Br)c(Br)c(Br)c1C(=O)OCC(O)Cn1c(=O)n(CC(O)COC(=O)c2c(Br)c(Br)c(Br)c(Br)c2C(=O)OC(C)COC)c(=O)n(CC(O)COC(=O)c2c(Br)c(Br)c(Br)c(Br)c2C(=O)OC(C)COC)c1=O.